The fourth-order valence-corrected chi connectivity index (χ4v) is 12.6. The Morgan fingerprint density at radius 2 is 1.04 bits per heavy atom. The summed E-state index contributed by atoms with van der Waals surface area (Å²) in [6, 6.07) is 63.6. The van der Waals surface area contributed by atoms with Crippen LogP contribution in [0.2, 0.25) is 0 Å². The van der Waals surface area contributed by atoms with Crippen LogP contribution in [0, 0.1) is 17.9 Å². The van der Waals surface area contributed by atoms with Gasteiger partial charge in [0.05, 0.1) is 29.2 Å². The number of hydrogen-bond acceptors (Lipinski definition) is 1. The molecule has 7 aromatic carbocycles. The largest absolute Gasteiger partial charge is 0.310 e. The van der Waals surface area contributed by atoms with Gasteiger partial charge in [-0.05, 0) is 68.3 Å². The molecular formula is C44H29N3Si. The van der Waals surface area contributed by atoms with Crippen molar-refractivity contribution < 1.29 is 0 Å². The molecule has 8 rings (SSSR count). The van der Waals surface area contributed by atoms with Crippen LogP contribution < -0.4 is 20.7 Å². The number of hydrogen-bond donors (Lipinski definition) is 0. The van der Waals surface area contributed by atoms with Gasteiger partial charge in [-0.25, -0.2) is 4.85 Å². The Hall–Kier alpha value is -6.46. The summed E-state index contributed by atoms with van der Waals surface area (Å²) in [5, 5.41) is 17.8. The van der Waals surface area contributed by atoms with Crippen LogP contribution in [-0.2, 0) is 0 Å². The summed E-state index contributed by atoms with van der Waals surface area (Å²) in [5.41, 5.74) is 6.14. The number of nitriles is 1. The zero-order valence-electron chi connectivity index (χ0n) is 26.1. The van der Waals surface area contributed by atoms with Crippen LogP contribution in [0.4, 0.5) is 5.69 Å². The van der Waals surface area contributed by atoms with E-state index in [4.69, 9.17) is 6.57 Å². The first kappa shape index (κ1) is 29.0. The summed E-state index contributed by atoms with van der Waals surface area (Å²) in [6.07, 6.45) is 0. The highest BCUT2D eigenvalue weighted by Crippen LogP contribution is 2.36. The van der Waals surface area contributed by atoms with Gasteiger partial charge in [0.25, 0.3) is 0 Å². The molecular weight excluding hydrogens is 599 g/mol. The first-order chi connectivity index (χ1) is 23.7. The number of para-hydroxylation sites is 2. The molecule has 0 atom stereocenters. The Kier molecular flexibility index (Phi) is 7.27. The smallest absolute Gasteiger partial charge is 0.189 e. The van der Waals surface area contributed by atoms with Crippen molar-refractivity contribution in [2.45, 2.75) is 0 Å². The van der Waals surface area contributed by atoms with Crippen LogP contribution in [0.1, 0.15) is 5.56 Å². The number of rotatable bonds is 6. The predicted octanol–water partition coefficient (Wildman–Crippen LogP) is 8.25. The van der Waals surface area contributed by atoms with Gasteiger partial charge in [0.15, 0.2) is 13.8 Å². The maximum Gasteiger partial charge on any atom is 0.189 e. The number of nitrogens with zero attached hydrogens (tertiary/aromatic N) is 3. The van der Waals surface area contributed by atoms with Gasteiger partial charge in [0.1, 0.15) is 0 Å². The molecule has 4 heteroatoms. The average Bonchev–Trinajstić information content (AvgIpc) is 3.51. The lowest BCUT2D eigenvalue weighted by Gasteiger charge is -2.36. The molecule has 0 N–H and O–H groups in total. The summed E-state index contributed by atoms with van der Waals surface area (Å²) in [6.45, 7) is 8.18. The number of benzene rings is 7. The molecule has 0 aliphatic heterocycles. The van der Waals surface area contributed by atoms with Crippen molar-refractivity contribution in [3.63, 3.8) is 0 Å². The van der Waals surface area contributed by atoms with E-state index < -0.39 is 8.07 Å². The second-order valence-corrected chi connectivity index (χ2v) is 15.6. The molecule has 3 nitrogen and oxygen atoms in total. The van der Waals surface area contributed by atoms with E-state index in [9.17, 15) is 5.26 Å². The van der Waals surface area contributed by atoms with Gasteiger partial charge in [-0.2, -0.15) is 5.26 Å². The second-order valence-electron chi connectivity index (χ2n) is 11.9. The maximum absolute atomic E-state index is 10.9. The first-order valence-electron chi connectivity index (χ1n) is 16.0. The minimum absolute atomic E-state index is 0.545. The van der Waals surface area contributed by atoms with Crippen molar-refractivity contribution in [1.82, 2.24) is 4.57 Å². The van der Waals surface area contributed by atoms with E-state index in [1.807, 2.05) is 42.5 Å². The van der Waals surface area contributed by atoms with Gasteiger partial charge in [-0.3, -0.25) is 0 Å². The zero-order valence-corrected chi connectivity index (χ0v) is 27.1. The maximum atomic E-state index is 10.9. The van der Waals surface area contributed by atoms with Gasteiger partial charge < -0.3 is 4.57 Å². The van der Waals surface area contributed by atoms with Gasteiger partial charge in [0, 0.05) is 16.5 Å². The third kappa shape index (κ3) is 4.55. The van der Waals surface area contributed by atoms with E-state index in [1.165, 1.54) is 26.3 Å². The Balaban J connectivity index is 1.50. The van der Waals surface area contributed by atoms with E-state index in [0.717, 1.165) is 33.0 Å². The third-order valence-electron chi connectivity index (χ3n) is 9.36. The topological polar surface area (TPSA) is 33.1 Å². The van der Waals surface area contributed by atoms with E-state index in [0.29, 0.717) is 11.3 Å². The molecule has 1 heterocycles. The molecule has 0 amide bonds. The van der Waals surface area contributed by atoms with Crippen LogP contribution in [0.3, 0.4) is 0 Å². The summed E-state index contributed by atoms with van der Waals surface area (Å²) in [7, 11) is -3.10. The molecule has 0 aliphatic rings. The van der Waals surface area contributed by atoms with Crippen LogP contribution >= 0.6 is 0 Å². The molecule has 0 saturated carbocycles. The lowest BCUT2D eigenvalue weighted by Crippen LogP contribution is -2.75. The molecule has 0 bridgehead atoms. The SMILES string of the molecule is [C-]#[N+]c1cc(-c2cccc(C#N)c2[Si](c2ccccc2)(c2ccccc2)c2ccccc2)cc(-n2c3ccccc3c3ccccc32)c1. The van der Waals surface area contributed by atoms with Crippen LogP contribution in [-0.4, -0.2) is 12.6 Å². The van der Waals surface area contributed by atoms with Crippen molar-refractivity contribution in [1.29, 1.82) is 5.26 Å². The van der Waals surface area contributed by atoms with Gasteiger partial charge in [-0.15, -0.1) is 0 Å². The molecule has 48 heavy (non-hydrogen) atoms. The Bertz CT molecular complexity index is 2370. The van der Waals surface area contributed by atoms with Crippen molar-refractivity contribution in [2.24, 2.45) is 0 Å². The van der Waals surface area contributed by atoms with Crippen molar-refractivity contribution >= 4 is 56.3 Å². The highest BCUT2D eigenvalue weighted by atomic mass is 28.3. The van der Waals surface area contributed by atoms with Crippen molar-refractivity contribution in [2.75, 3.05) is 0 Å². The second kappa shape index (κ2) is 12.0. The van der Waals surface area contributed by atoms with Gasteiger partial charge in [0.2, 0.25) is 0 Å². The first-order valence-corrected chi connectivity index (χ1v) is 18.0. The van der Waals surface area contributed by atoms with Crippen LogP contribution in [0.5, 0.6) is 0 Å². The molecule has 1 aromatic heterocycles. The summed E-state index contributed by atoms with van der Waals surface area (Å²) in [5.74, 6) is 0. The van der Waals surface area contributed by atoms with Crippen LogP contribution in [0.15, 0.2) is 176 Å². The molecule has 0 spiro atoms. The van der Waals surface area contributed by atoms with Gasteiger partial charge >= 0.3 is 0 Å². The minimum Gasteiger partial charge on any atom is -0.310 e. The monoisotopic (exact) mass is 627 g/mol. The fraction of sp³-hybridized carbons (Fsp3) is 0. The van der Waals surface area contributed by atoms with Crippen LogP contribution in [0.25, 0.3) is 43.5 Å². The lowest BCUT2D eigenvalue weighted by molar-refractivity contribution is 1.18. The molecule has 0 aliphatic carbocycles. The summed E-state index contributed by atoms with van der Waals surface area (Å²) >= 11 is 0. The van der Waals surface area contributed by atoms with E-state index in [2.05, 4.69) is 149 Å². The van der Waals surface area contributed by atoms with Crippen molar-refractivity contribution in [3.8, 4) is 22.9 Å². The number of aromatic nitrogens is 1. The Labute approximate surface area is 281 Å². The molecule has 0 radical (unpaired) electrons. The highest BCUT2D eigenvalue weighted by molar-refractivity contribution is 7.20. The summed E-state index contributed by atoms with van der Waals surface area (Å²) < 4.78 is 2.26. The zero-order chi connectivity index (χ0) is 32.5. The summed E-state index contributed by atoms with van der Waals surface area (Å²) in [4.78, 5) is 3.98. The van der Waals surface area contributed by atoms with E-state index >= 15 is 0 Å². The van der Waals surface area contributed by atoms with Gasteiger partial charge in [-0.1, -0.05) is 140 Å². The van der Waals surface area contributed by atoms with Crippen molar-refractivity contribution in [3.05, 3.63) is 193 Å². The third-order valence-corrected chi connectivity index (χ3v) is 14.2. The lowest BCUT2D eigenvalue weighted by atomic mass is 10.0. The average molecular weight is 628 g/mol. The Morgan fingerprint density at radius 3 is 1.54 bits per heavy atom. The normalized spacial score (nSPS) is 11.3. The molecule has 8 aromatic rings. The molecule has 0 unspecified atom stereocenters. The predicted molar refractivity (Wildman–Crippen MR) is 201 cm³/mol. The van der Waals surface area contributed by atoms with E-state index in [1.54, 1.807) is 0 Å². The standard InChI is InChI=1S/C44H29N3Si/c1-46-34-28-33(29-35(30-34)47-42-26-13-11-23-40(42)41-24-12-14-27-43(41)47)39-25-15-16-32(31-45)44(39)48(36-17-5-2-6-18-36,37-19-7-3-8-20-37)38-21-9-4-10-22-38/h2-30H. The number of fused-ring (bicyclic) bond motifs is 3. The quantitative estimate of drug-likeness (QED) is 0.104. The van der Waals surface area contributed by atoms with E-state index in [-0.39, 0.29) is 0 Å². The minimum atomic E-state index is -3.10. The Morgan fingerprint density at radius 1 is 0.542 bits per heavy atom. The molecule has 0 saturated heterocycles. The highest BCUT2D eigenvalue weighted by Gasteiger charge is 2.44. The fourth-order valence-electron chi connectivity index (χ4n) is 7.43. The molecule has 224 valence electrons. The molecule has 0 fully saturated rings.